The van der Waals surface area contributed by atoms with E-state index in [9.17, 15) is 10.1 Å². The molecule has 1 heterocycles. The van der Waals surface area contributed by atoms with Gasteiger partial charge in [0, 0.05) is 41.8 Å². The van der Waals surface area contributed by atoms with Gasteiger partial charge >= 0.3 is 0 Å². The maximum Gasteiger partial charge on any atom is 0.176 e. The van der Waals surface area contributed by atoms with Gasteiger partial charge in [0.25, 0.3) is 0 Å². The first-order valence-corrected chi connectivity index (χ1v) is 8.78. The normalized spacial score (nSPS) is 15.0. The van der Waals surface area contributed by atoms with E-state index in [-0.39, 0.29) is 5.78 Å². The van der Waals surface area contributed by atoms with Crippen molar-refractivity contribution in [3.63, 3.8) is 0 Å². The quantitative estimate of drug-likeness (QED) is 0.763. The van der Waals surface area contributed by atoms with E-state index in [0.717, 1.165) is 31.9 Å². The van der Waals surface area contributed by atoms with Gasteiger partial charge in [-0.15, -0.1) is 0 Å². The molecule has 0 spiro atoms. The number of benzene rings is 2. The number of carbonyl (C=O) groups excluding carboxylic acids is 1. The molecule has 3 rings (SSSR count). The summed E-state index contributed by atoms with van der Waals surface area (Å²) < 4.78 is 0. The number of rotatable bonds is 4. The van der Waals surface area contributed by atoms with Crippen molar-refractivity contribution in [2.45, 2.75) is 0 Å². The van der Waals surface area contributed by atoms with Crippen LogP contribution in [0, 0.1) is 11.3 Å². The largest absolute Gasteiger partial charge is 0.368 e. The molecule has 0 aromatic heterocycles. The molecule has 0 N–H and O–H groups in total. The molecule has 0 atom stereocenters. The molecule has 128 valence electrons. The van der Waals surface area contributed by atoms with Gasteiger partial charge in [-0.2, -0.15) is 5.26 Å². The molecule has 2 aromatic rings. The van der Waals surface area contributed by atoms with E-state index in [1.807, 2.05) is 24.3 Å². The topological polar surface area (TPSA) is 47.3 Å². The maximum atomic E-state index is 12.5. The fourth-order valence-electron chi connectivity index (χ4n) is 3.00. The molecule has 0 bridgehead atoms. The number of hydrogen-bond donors (Lipinski definition) is 0. The number of hydrogen-bond acceptors (Lipinski definition) is 4. The van der Waals surface area contributed by atoms with Gasteiger partial charge in [-0.25, -0.2) is 0 Å². The Morgan fingerprint density at radius 3 is 2.32 bits per heavy atom. The van der Waals surface area contributed by atoms with Gasteiger partial charge in [0.2, 0.25) is 0 Å². The zero-order chi connectivity index (χ0) is 17.8. The molecule has 4 nitrogen and oxygen atoms in total. The number of carbonyl (C=O) groups is 1. The van der Waals surface area contributed by atoms with Crippen LogP contribution in [-0.4, -0.2) is 43.4 Å². The second kappa shape index (κ2) is 7.88. The number of Topliss-reactive ketones (excluding diaryl/α,β-unsaturated/α-hetero) is 1. The molecular formula is C19H17Cl2N3O. The maximum absolute atomic E-state index is 12.5. The second-order valence-electron chi connectivity index (χ2n) is 5.97. The Hall–Kier alpha value is -2.06. The minimum Gasteiger partial charge on any atom is -0.368 e. The molecular weight excluding hydrogens is 357 g/mol. The van der Waals surface area contributed by atoms with Gasteiger partial charge in [0.15, 0.2) is 5.78 Å². The Labute approximate surface area is 157 Å². The summed E-state index contributed by atoms with van der Waals surface area (Å²) in [6.07, 6.45) is 0. The number of nitriles is 1. The molecule has 0 amide bonds. The molecule has 1 fully saturated rings. The Morgan fingerprint density at radius 2 is 1.68 bits per heavy atom. The van der Waals surface area contributed by atoms with Gasteiger partial charge in [-0.05, 0) is 30.3 Å². The lowest BCUT2D eigenvalue weighted by molar-refractivity contribution is 0.0926. The SMILES string of the molecule is N#Cc1ccccc1N1CCN(CC(=O)c2cc(Cl)cc(Cl)c2)CC1. The van der Waals surface area contributed by atoms with Crippen molar-refractivity contribution in [2.24, 2.45) is 0 Å². The second-order valence-corrected chi connectivity index (χ2v) is 6.85. The molecule has 0 radical (unpaired) electrons. The zero-order valence-corrected chi connectivity index (χ0v) is 15.1. The van der Waals surface area contributed by atoms with Gasteiger partial charge < -0.3 is 4.90 Å². The molecule has 0 aliphatic carbocycles. The third-order valence-electron chi connectivity index (χ3n) is 4.29. The molecule has 25 heavy (non-hydrogen) atoms. The first kappa shape index (κ1) is 17.8. The van der Waals surface area contributed by atoms with Crippen molar-refractivity contribution >= 4 is 34.7 Å². The average molecular weight is 374 g/mol. The van der Waals surface area contributed by atoms with E-state index in [0.29, 0.717) is 27.7 Å². The average Bonchev–Trinajstić information content (AvgIpc) is 2.61. The van der Waals surface area contributed by atoms with Crippen molar-refractivity contribution in [1.29, 1.82) is 5.26 Å². The van der Waals surface area contributed by atoms with Crippen LogP contribution >= 0.6 is 23.2 Å². The van der Waals surface area contributed by atoms with Crippen molar-refractivity contribution in [3.8, 4) is 6.07 Å². The van der Waals surface area contributed by atoms with E-state index in [2.05, 4.69) is 15.9 Å². The predicted octanol–water partition coefficient (Wildman–Crippen LogP) is 3.87. The van der Waals surface area contributed by atoms with Crippen LogP contribution in [0.4, 0.5) is 5.69 Å². The summed E-state index contributed by atoms with van der Waals surface area (Å²) in [6, 6.07) is 14.7. The molecule has 0 saturated carbocycles. The monoisotopic (exact) mass is 373 g/mol. The van der Waals surface area contributed by atoms with Crippen molar-refractivity contribution in [3.05, 3.63) is 63.6 Å². The summed E-state index contributed by atoms with van der Waals surface area (Å²) in [5.41, 5.74) is 2.17. The molecule has 6 heteroatoms. The highest BCUT2D eigenvalue weighted by atomic mass is 35.5. The predicted molar refractivity (Wildman–Crippen MR) is 101 cm³/mol. The Bertz CT molecular complexity index is 803. The van der Waals surface area contributed by atoms with Gasteiger partial charge in [-0.1, -0.05) is 35.3 Å². The third kappa shape index (κ3) is 4.32. The first-order valence-electron chi connectivity index (χ1n) is 8.02. The standard InChI is InChI=1S/C19H17Cl2N3O/c20-16-9-15(10-17(21)11-16)19(25)13-23-5-7-24(8-6-23)18-4-2-1-3-14(18)12-22/h1-4,9-11H,5-8,13H2. The van der Waals surface area contributed by atoms with Crippen LogP contribution < -0.4 is 4.90 Å². The summed E-state index contributed by atoms with van der Waals surface area (Å²) in [5, 5.41) is 10.2. The number of piperazine rings is 1. The lowest BCUT2D eigenvalue weighted by Crippen LogP contribution is -2.48. The minimum atomic E-state index is 0.00951. The molecule has 1 aliphatic rings. The molecule has 0 unspecified atom stereocenters. The van der Waals surface area contributed by atoms with E-state index in [1.165, 1.54) is 0 Å². The van der Waals surface area contributed by atoms with E-state index >= 15 is 0 Å². The highest BCUT2D eigenvalue weighted by Gasteiger charge is 2.21. The van der Waals surface area contributed by atoms with Crippen LogP contribution in [0.1, 0.15) is 15.9 Å². The summed E-state index contributed by atoms with van der Waals surface area (Å²) in [5.74, 6) is 0.00951. The van der Waals surface area contributed by atoms with E-state index in [4.69, 9.17) is 23.2 Å². The van der Waals surface area contributed by atoms with Crippen LogP contribution in [-0.2, 0) is 0 Å². The summed E-state index contributed by atoms with van der Waals surface area (Å²) >= 11 is 11.9. The number of ketones is 1. The van der Waals surface area contributed by atoms with Gasteiger partial charge in [0.1, 0.15) is 6.07 Å². The van der Waals surface area contributed by atoms with E-state index < -0.39 is 0 Å². The molecule has 2 aromatic carbocycles. The highest BCUT2D eigenvalue weighted by molar-refractivity contribution is 6.35. The smallest absolute Gasteiger partial charge is 0.176 e. The summed E-state index contributed by atoms with van der Waals surface area (Å²) in [4.78, 5) is 16.8. The molecule has 1 aliphatic heterocycles. The zero-order valence-electron chi connectivity index (χ0n) is 13.6. The number of halogens is 2. The first-order chi connectivity index (χ1) is 12.1. The van der Waals surface area contributed by atoms with Crippen LogP contribution in [0.3, 0.4) is 0 Å². The lowest BCUT2D eigenvalue weighted by atomic mass is 10.1. The Balaban J connectivity index is 1.61. The van der Waals surface area contributed by atoms with Gasteiger partial charge in [0.05, 0.1) is 17.8 Å². The summed E-state index contributed by atoms with van der Waals surface area (Å²) in [7, 11) is 0. The number of nitrogens with zero attached hydrogens (tertiary/aromatic N) is 3. The fraction of sp³-hybridized carbons (Fsp3) is 0.263. The van der Waals surface area contributed by atoms with Crippen molar-refractivity contribution in [1.82, 2.24) is 4.90 Å². The minimum absolute atomic E-state index is 0.00951. The highest BCUT2D eigenvalue weighted by Crippen LogP contribution is 2.22. The van der Waals surface area contributed by atoms with Crippen LogP contribution in [0.2, 0.25) is 10.0 Å². The third-order valence-corrected chi connectivity index (χ3v) is 4.73. The van der Waals surface area contributed by atoms with E-state index in [1.54, 1.807) is 18.2 Å². The Morgan fingerprint density at radius 1 is 1.04 bits per heavy atom. The fourth-order valence-corrected chi connectivity index (χ4v) is 3.53. The molecule has 1 saturated heterocycles. The number of anilines is 1. The van der Waals surface area contributed by atoms with Crippen molar-refractivity contribution in [2.75, 3.05) is 37.6 Å². The van der Waals surface area contributed by atoms with Crippen LogP contribution in [0.25, 0.3) is 0 Å². The summed E-state index contributed by atoms with van der Waals surface area (Å²) in [6.45, 7) is 3.43. The Kier molecular flexibility index (Phi) is 5.60. The van der Waals surface area contributed by atoms with Crippen molar-refractivity contribution < 1.29 is 4.79 Å². The lowest BCUT2D eigenvalue weighted by Gasteiger charge is -2.36. The van der Waals surface area contributed by atoms with Crippen LogP contribution in [0.5, 0.6) is 0 Å². The number of para-hydroxylation sites is 1. The van der Waals surface area contributed by atoms with Gasteiger partial charge in [-0.3, -0.25) is 9.69 Å². The van der Waals surface area contributed by atoms with Crippen LogP contribution in [0.15, 0.2) is 42.5 Å².